The first-order valence-corrected chi connectivity index (χ1v) is 7.67. The van der Waals surface area contributed by atoms with Crippen LogP contribution in [0, 0.1) is 11.3 Å². The summed E-state index contributed by atoms with van der Waals surface area (Å²) in [5, 5.41) is 8.82. The molecule has 0 radical (unpaired) electrons. The fourth-order valence-electron chi connectivity index (χ4n) is 2.01. The molecule has 8 heteroatoms. The number of benzene rings is 1. The van der Waals surface area contributed by atoms with Crippen molar-refractivity contribution in [3.8, 4) is 11.9 Å². The highest BCUT2D eigenvalue weighted by atomic mass is 19.4. The minimum Gasteiger partial charge on any atom is -0.477 e. The van der Waals surface area contributed by atoms with Gasteiger partial charge in [0.1, 0.15) is 5.56 Å². The molecule has 0 bridgehead atoms. The van der Waals surface area contributed by atoms with Gasteiger partial charge in [-0.3, -0.25) is 0 Å². The second-order valence-electron chi connectivity index (χ2n) is 5.31. The number of nitriles is 1. The van der Waals surface area contributed by atoms with Crippen LogP contribution in [0.3, 0.4) is 0 Å². The van der Waals surface area contributed by atoms with Crippen LogP contribution in [-0.4, -0.2) is 23.6 Å². The Bertz CT molecular complexity index is 754. The number of halogens is 3. The van der Waals surface area contributed by atoms with Crippen molar-refractivity contribution in [3.63, 3.8) is 0 Å². The van der Waals surface area contributed by atoms with Crippen molar-refractivity contribution in [3.05, 3.63) is 41.6 Å². The smallest absolute Gasteiger partial charge is 0.423 e. The van der Waals surface area contributed by atoms with Crippen LogP contribution < -0.4 is 9.64 Å². The summed E-state index contributed by atoms with van der Waals surface area (Å²) in [7, 11) is 1.62. The van der Waals surface area contributed by atoms with E-state index in [2.05, 4.69) is 9.97 Å². The van der Waals surface area contributed by atoms with Crippen molar-refractivity contribution in [1.82, 2.24) is 9.97 Å². The van der Waals surface area contributed by atoms with E-state index in [0.717, 1.165) is 12.6 Å². The molecule has 25 heavy (non-hydrogen) atoms. The maximum atomic E-state index is 13.1. The minimum absolute atomic E-state index is 0.0733. The summed E-state index contributed by atoms with van der Waals surface area (Å²) < 4.78 is 44.5. The summed E-state index contributed by atoms with van der Waals surface area (Å²) in [6.45, 7) is 2.06. The molecule has 5 nitrogen and oxygen atoms in total. The number of hydrogen-bond donors (Lipinski definition) is 0. The fraction of sp³-hybridized carbons (Fsp3) is 0.353. The van der Waals surface area contributed by atoms with Gasteiger partial charge in [-0.1, -0.05) is 13.3 Å². The number of ether oxygens (including phenoxy) is 1. The van der Waals surface area contributed by atoms with E-state index in [1.165, 1.54) is 4.90 Å². The van der Waals surface area contributed by atoms with E-state index < -0.39 is 17.6 Å². The van der Waals surface area contributed by atoms with Crippen LogP contribution in [0.5, 0.6) is 5.88 Å². The zero-order valence-electron chi connectivity index (χ0n) is 13.8. The molecule has 1 heterocycles. The number of hydrogen-bond acceptors (Lipinski definition) is 5. The van der Waals surface area contributed by atoms with Gasteiger partial charge in [-0.15, -0.1) is 0 Å². The highest BCUT2D eigenvalue weighted by molar-refractivity contribution is 5.58. The third kappa shape index (κ3) is 4.59. The van der Waals surface area contributed by atoms with Gasteiger partial charge in [-0.2, -0.15) is 23.4 Å². The van der Waals surface area contributed by atoms with Gasteiger partial charge in [0.15, 0.2) is 0 Å². The molecule has 0 aliphatic carbocycles. The molecule has 0 aliphatic heterocycles. The van der Waals surface area contributed by atoms with Crippen molar-refractivity contribution >= 4 is 11.6 Å². The minimum atomic E-state index is -4.59. The lowest BCUT2D eigenvalue weighted by atomic mass is 10.2. The van der Waals surface area contributed by atoms with Gasteiger partial charge in [0.2, 0.25) is 11.8 Å². The van der Waals surface area contributed by atoms with E-state index in [1.54, 1.807) is 31.3 Å². The number of aromatic nitrogens is 2. The van der Waals surface area contributed by atoms with Crippen LogP contribution in [-0.2, 0) is 6.18 Å². The standard InChI is InChI=1S/C17H17F3N4O/c1-3-4-9-25-15-14(17(18,19)20)11-22-16(23-15)24(2)13-7-5-12(10-21)6-8-13/h5-8,11H,3-4,9H2,1-2H3. The molecular formula is C17H17F3N4O. The summed E-state index contributed by atoms with van der Waals surface area (Å²) in [6.07, 6.45) is -2.44. The summed E-state index contributed by atoms with van der Waals surface area (Å²) in [4.78, 5) is 9.26. The largest absolute Gasteiger partial charge is 0.477 e. The van der Waals surface area contributed by atoms with Gasteiger partial charge >= 0.3 is 6.18 Å². The zero-order chi connectivity index (χ0) is 18.4. The van der Waals surface area contributed by atoms with Crippen molar-refractivity contribution in [2.45, 2.75) is 25.9 Å². The molecule has 132 valence electrons. The molecule has 0 atom stereocenters. The highest BCUT2D eigenvalue weighted by Gasteiger charge is 2.36. The van der Waals surface area contributed by atoms with Gasteiger partial charge in [0, 0.05) is 18.9 Å². The van der Waals surface area contributed by atoms with Crippen LogP contribution in [0.4, 0.5) is 24.8 Å². The average Bonchev–Trinajstić information content (AvgIpc) is 2.60. The molecule has 1 aromatic carbocycles. The monoisotopic (exact) mass is 350 g/mol. The van der Waals surface area contributed by atoms with Crippen LogP contribution in [0.2, 0.25) is 0 Å². The Morgan fingerprint density at radius 3 is 2.48 bits per heavy atom. The molecule has 0 spiro atoms. The van der Waals surface area contributed by atoms with Gasteiger partial charge in [-0.25, -0.2) is 4.98 Å². The lowest BCUT2D eigenvalue weighted by Gasteiger charge is -2.19. The number of nitrogens with zero attached hydrogens (tertiary/aromatic N) is 4. The predicted octanol–water partition coefficient (Wildman–Crippen LogP) is 4.31. The Morgan fingerprint density at radius 2 is 1.92 bits per heavy atom. The molecule has 0 unspecified atom stereocenters. The van der Waals surface area contributed by atoms with E-state index in [1.807, 2.05) is 13.0 Å². The first-order chi connectivity index (χ1) is 11.9. The molecule has 0 saturated heterocycles. The van der Waals surface area contributed by atoms with Gasteiger partial charge in [-0.05, 0) is 30.7 Å². The Balaban J connectivity index is 2.33. The van der Waals surface area contributed by atoms with Crippen LogP contribution in [0.15, 0.2) is 30.5 Å². The van der Waals surface area contributed by atoms with Gasteiger partial charge < -0.3 is 9.64 Å². The van der Waals surface area contributed by atoms with Crippen molar-refractivity contribution in [2.24, 2.45) is 0 Å². The van der Waals surface area contributed by atoms with Crippen molar-refractivity contribution in [2.75, 3.05) is 18.6 Å². The number of alkyl halides is 3. The third-order valence-corrected chi connectivity index (χ3v) is 3.47. The molecule has 0 amide bonds. The fourth-order valence-corrected chi connectivity index (χ4v) is 2.01. The maximum absolute atomic E-state index is 13.1. The van der Waals surface area contributed by atoms with Gasteiger partial charge in [0.05, 0.1) is 18.2 Å². The quantitative estimate of drug-likeness (QED) is 0.726. The van der Waals surface area contributed by atoms with Gasteiger partial charge in [0.25, 0.3) is 0 Å². The SMILES string of the molecule is CCCCOc1nc(N(C)c2ccc(C#N)cc2)ncc1C(F)(F)F. The Kier molecular flexibility index (Phi) is 5.80. The second kappa shape index (κ2) is 7.83. The third-order valence-electron chi connectivity index (χ3n) is 3.47. The molecule has 2 rings (SSSR count). The Hall–Kier alpha value is -2.82. The molecule has 1 aromatic heterocycles. The van der Waals surface area contributed by atoms with Crippen LogP contribution in [0.25, 0.3) is 0 Å². The van der Waals surface area contributed by atoms with Crippen molar-refractivity contribution in [1.29, 1.82) is 5.26 Å². The molecule has 0 N–H and O–H groups in total. The highest BCUT2D eigenvalue weighted by Crippen LogP contribution is 2.36. The molecule has 0 saturated carbocycles. The summed E-state index contributed by atoms with van der Waals surface area (Å²) in [5.41, 5.74) is 0.118. The lowest BCUT2D eigenvalue weighted by molar-refractivity contribution is -0.139. The normalized spacial score (nSPS) is 11.0. The summed E-state index contributed by atoms with van der Waals surface area (Å²) in [5.74, 6) is -0.407. The summed E-state index contributed by atoms with van der Waals surface area (Å²) >= 11 is 0. The average molecular weight is 350 g/mol. The van der Waals surface area contributed by atoms with Crippen LogP contribution >= 0.6 is 0 Å². The predicted molar refractivity (Wildman–Crippen MR) is 86.7 cm³/mol. The number of anilines is 2. The lowest BCUT2D eigenvalue weighted by Crippen LogP contribution is -2.17. The molecule has 0 aliphatic rings. The van der Waals surface area contributed by atoms with E-state index in [4.69, 9.17) is 10.00 Å². The molecular weight excluding hydrogens is 333 g/mol. The van der Waals surface area contributed by atoms with E-state index in [9.17, 15) is 13.2 Å². The topological polar surface area (TPSA) is 62.0 Å². The first-order valence-electron chi connectivity index (χ1n) is 7.67. The van der Waals surface area contributed by atoms with Crippen LogP contribution in [0.1, 0.15) is 30.9 Å². The Labute approximate surface area is 143 Å². The zero-order valence-corrected chi connectivity index (χ0v) is 13.8. The van der Waals surface area contributed by atoms with E-state index in [0.29, 0.717) is 17.7 Å². The number of rotatable bonds is 6. The second-order valence-corrected chi connectivity index (χ2v) is 5.31. The van der Waals surface area contributed by atoms with Crippen molar-refractivity contribution < 1.29 is 17.9 Å². The van der Waals surface area contributed by atoms with E-state index >= 15 is 0 Å². The molecule has 0 fully saturated rings. The first kappa shape index (κ1) is 18.5. The maximum Gasteiger partial charge on any atom is 0.423 e. The number of unbranched alkanes of at least 4 members (excludes halogenated alkanes) is 1. The summed E-state index contributed by atoms with van der Waals surface area (Å²) in [6, 6.07) is 8.54. The van der Waals surface area contributed by atoms with E-state index in [-0.39, 0.29) is 12.6 Å². The Morgan fingerprint density at radius 1 is 1.24 bits per heavy atom. The molecule has 2 aromatic rings.